The smallest absolute Gasteiger partial charge is 0.268 e. The van der Waals surface area contributed by atoms with Crippen LogP contribution in [-0.4, -0.2) is 53.8 Å². The number of hydrogen-bond acceptors (Lipinski definition) is 7. The van der Waals surface area contributed by atoms with Crippen LogP contribution in [0.4, 0.5) is 5.69 Å². The fourth-order valence-corrected chi connectivity index (χ4v) is 3.56. The molecule has 0 spiro atoms. The molecule has 3 aromatic rings. The Morgan fingerprint density at radius 3 is 2.15 bits per heavy atom. The minimum absolute atomic E-state index is 0.156. The van der Waals surface area contributed by atoms with E-state index in [1.165, 1.54) is 24.5 Å². The normalized spacial score (nSPS) is 11.4. The second kappa shape index (κ2) is 15.5. The number of carbonyl (C=O) groups excluding carboxylic acids is 3. The van der Waals surface area contributed by atoms with Crippen molar-refractivity contribution in [1.82, 2.24) is 16.1 Å². The largest absolute Gasteiger partial charge is 0.497 e. The van der Waals surface area contributed by atoms with E-state index in [-0.39, 0.29) is 18.0 Å². The molecule has 6 N–H and O–H groups in total. The van der Waals surface area contributed by atoms with Gasteiger partial charge in [0.05, 0.1) is 19.8 Å². The standard InChI is InChI=1S/C31H30N4O6/c1-21(36)29(31(39)35-40)34-30(38)25-14-10-22(11-15-25)6-3-4-7-23-12-16-26(17-13-23)33-28(37)20-32-19-24-8-5-9-27(18-24)41-2/h5,8-18,21,29,32,36,40H,19-20H2,1-2H3,(H,33,37)(H,34,38)(H,35,39). The first-order valence-corrected chi connectivity index (χ1v) is 12.6. The number of carbonyl (C=O) groups is 3. The highest BCUT2D eigenvalue weighted by atomic mass is 16.5. The Bertz CT molecular complexity index is 1480. The van der Waals surface area contributed by atoms with E-state index >= 15 is 0 Å². The number of methoxy groups -OCH3 is 1. The van der Waals surface area contributed by atoms with Crippen molar-refractivity contribution in [2.24, 2.45) is 0 Å². The predicted octanol–water partition coefficient (Wildman–Crippen LogP) is 1.81. The molecule has 0 aliphatic heterocycles. The molecule has 41 heavy (non-hydrogen) atoms. The van der Waals surface area contributed by atoms with Crippen LogP contribution >= 0.6 is 0 Å². The van der Waals surface area contributed by atoms with Crippen molar-refractivity contribution in [2.45, 2.75) is 25.6 Å². The van der Waals surface area contributed by atoms with Gasteiger partial charge in [0, 0.05) is 28.9 Å². The maximum absolute atomic E-state index is 12.3. The molecule has 10 heteroatoms. The Kier molecular flexibility index (Phi) is 11.5. The van der Waals surface area contributed by atoms with Crippen LogP contribution in [-0.2, 0) is 16.1 Å². The maximum atomic E-state index is 12.3. The van der Waals surface area contributed by atoms with Crippen LogP contribution in [0, 0.1) is 23.7 Å². The third-order valence-corrected chi connectivity index (χ3v) is 5.70. The van der Waals surface area contributed by atoms with Crippen molar-refractivity contribution in [3.05, 3.63) is 95.1 Å². The number of nitrogens with one attached hydrogen (secondary N) is 4. The van der Waals surface area contributed by atoms with E-state index in [4.69, 9.17) is 9.94 Å². The Labute approximate surface area is 238 Å². The lowest BCUT2D eigenvalue weighted by atomic mass is 10.1. The summed E-state index contributed by atoms with van der Waals surface area (Å²) in [6.45, 7) is 2.01. The summed E-state index contributed by atoms with van der Waals surface area (Å²) in [5.41, 5.74) is 4.66. The monoisotopic (exact) mass is 554 g/mol. The molecule has 0 aliphatic rings. The maximum Gasteiger partial charge on any atom is 0.268 e. The molecule has 210 valence electrons. The number of ether oxygens (including phenoxy) is 1. The SMILES string of the molecule is COc1cccc(CNCC(=O)Nc2ccc(C#CC#Cc3ccc(C(=O)NC(C(=O)NO)C(C)O)cc3)cc2)c1. The van der Waals surface area contributed by atoms with Gasteiger partial charge in [0.1, 0.15) is 11.8 Å². The molecule has 0 heterocycles. The van der Waals surface area contributed by atoms with E-state index in [0.717, 1.165) is 16.9 Å². The molecule has 2 unspecified atom stereocenters. The summed E-state index contributed by atoms with van der Waals surface area (Å²) in [6.07, 6.45) is -1.21. The number of aliphatic hydroxyl groups is 1. The summed E-state index contributed by atoms with van der Waals surface area (Å²) in [4.78, 5) is 36.2. The summed E-state index contributed by atoms with van der Waals surface area (Å²) < 4.78 is 5.20. The Morgan fingerprint density at radius 2 is 1.56 bits per heavy atom. The second-order valence-electron chi connectivity index (χ2n) is 8.83. The van der Waals surface area contributed by atoms with Gasteiger partial charge in [-0.15, -0.1) is 0 Å². The first-order chi connectivity index (χ1) is 19.8. The molecule has 0 aromatic heterocycles. The van der Waals surface area contributed by atoms with Gasteiger partial charge in [-0.05, 0) is 85.0 Å². The van der Waals surface area contributed by atoms with Gasteiger partial charge >= 0.3 is 0 Å². The molecule has 0 fully saturated rings. The van der Waals surface area contributed by atoms with Gasteiger partial charge in [-0.3, -0.25) is 19.6 Å². The number of hydrogen-bond donors (Lipinski definition) is 6. The van der Waals surface area contributed by atoms with Crippen LogP contribution in [0.25, 0.3) is 0 Å². The van der Waals surface area contributed by atoms with E-state index in [0.29, 0.717) is 17.8 Å². The van der Waals surface area contributed by atoms with Crippen molar-refractivity contribution < 1.29 is 29.4 Å². The van der Waals surface area contributed by atoms with Crippen LogP contribution in [0.15, 0.2) is 72.8 Å². The third-order valence-electron chi connectivity index (χ3n) is 5.70. The Morgan fingerprint density at radius 1 is 0.927 bits per heavy atom. The number of rotatable bonds is 10. The van der Waals surface area contributed by atoms with Crippen molar-refractivity contribution in [3.8, 4) is 29.4 Å². The zero-order valence-corrected chi connectivity index (χ0v) is 22.5. The number of aliphatic hydroxyl groups excluding tert-OH is 1. The van der Waals surface area contributed by atoms with Crippen molar-refractivity contribution in [1.29, 1.82) is 0 Å². The van der Waals surface area contributed by atoms with Crippen LogP contribution in [0.2, 0.25) is 0 Å². The van der Waals surface area contributed by atoms with Gasteiger partial charge in [0.15, 0.2) is 0 Å². The van der Waals surface area contributed by atoms with Gasteiger partial charge in [0.25, 0.3) is 11.8 Å². The lowest BCUT2D eigenvalue weighted by molar-refractivity contribution is -0.133. The second-order valence-corrected chi connectivity index (χ2v) is 8.83. The van der Waals surface area contributed by atoms with Crippen molar-refractivity contribution >= 4 is 23.4 Å². The summed E-state index contributed by atoms with van der Waals surface area (Å²) in [6, 6.07) is 19.7. The van der Waals surface area contributed by atoms with E-state index in [1.54, 1.807) is 43.5 Å². The molecule has 3 rings (SSSR count). The molecule has 0 saturated carbocycles. The zero-order valence-electron chi connectivity index (χ0n) is 22.5. The lowest BCUT2D eigenvalue weighted by Gasteiger charge is -2.19. The van der Waals surface area contributed by atoms with Gasteiger partial charge in [-0.2, -0.15) is 0 Å². The molecule has 0 saturated heterocycles. The van der Waals surface area contributed by atoms with Crippen molar-refractivity contribution in [3.63, 3.8) is 0 Å². The first-order valence-electron chi connectivity index (χ1n) is 12.6. The summed E-state index contributed by atoms with van der Waals surface area (Å²) in [5, 5.41) is 26.7. The van der Waals surface area contributed by atoms with E-state index in [2.05, 4.69) is 39.6 Å². The molecule has 3 amide bonds. The predicted molar refractivity (Wildman–Crippen MR) is 153 cm³/mol. The Hall–Kier alpha value is -5.13. The van der Waals surface area contributed by atoms with E-state index < -0.39 is 24.0 Å². The fourth-order valence-electron chi connectivity index (χ4n) is 3.56. The van der Waals surface area contributed by atoms with Crippen LogP contribution in [0.3, 0.4) is 0 Å². The number of benzene rings is 3. The molecule has 3 aromatic carbocycles. The summed E-state index contributed by atoms with van der Waals surface area (Å²) in [5.74, 6) is 10.4. The van der Waals surface area contributed by atoms with Gasteiger partial charge in [0.2, 0.25) is 5.91 Å². The highest BCUT2D eigenvalue weighted by molar-refractivity contribution is 5.97. The highest BCUT2D eigenvalue weighted by Gasteiger charge is 2.25. The minimum Gasteiger partial charge on any atom is -0.497 e. The van der Waals surface area contributed by atoms with Gasteiger partial charge in [-0.1, -0.05) is 24.0 Å². The van der Waals surface area contributed by atoms with Gasteiger partial charge < -0.3 is 25.8 Å². The summed E-state index contributed by atoms with van der Waals surface area (Å²) >= 11 is 0. The van der Waals surface area contributed by atoms with Crippen LogP contribution < -0.4 is 26.2 Å². The average molecular weight is 555 g/mol. The van der Waals surface area contributed by atoms with Crippen LogP contribution in [0.1, 0.15) is 34.0 Å². The molecule has 2 atom stereocenters. The number of anilines is 1. The molecule has 0 bridgehead atoms. The zero-order chi connectivity index (χ0) is 29.6. The van der Waals surface area contributed by atoms with E-state index in [1.807, 2.05) is 24.3 Å². The van der Waals surface area contributed by atoms with Crippen LogP contribution in [0.5, 0.6) is 5.75 Å². The van der Waals surface area contributed by atoms with Crippen molar-refractivity contribution in [2.75, 3.05) is 19.0 Å². The highest BCUT2D eigenvalue weighted by Crippen LogP contribution is 2.12. The fraction of sp³-hybridized carbons (Fsp3) is 0.194. The summed E-state index contributed by atoms with van der Waals surface area (Å²) in [7, 11) is 1.61. The minimum atomic E-state index is -1.31. The van der Waals surface area contributed by atoms with Gasteiger partial charge in [-0.25, -0.2) is 5.48 Å². The average Bonchev–Trinajstić information content (AvgIpc) is 2.98. The third kappa shape index (κ3) is 9.84. The Balaban J connectivity index is 1.47. The molecular weight excluding hydrogens is 524 g/mol. The molecule has 10 nitrogen and oxygen atoms in total. The number of amides is 3. The molecule has 0 aliphatic carbocycles. The van der Waals surface area contributed by atoms with E-state index in [9.17, 15) is 19.5 Å². The first kappa shape index (κ1) is 30.4. The quantitative estimate of drug-likeness (QED) is 0.127. The molecule has 0 radical (unpaired) electrons. The lowest BCUT2D eigenvalue weighted by Crippen LogP contribution is -2.51. The molecular formula is C31H30N4O6. The number of hydroxylamine groups is 1. The topological polar surface area (TPSA) is 149 Å².